The average Bonchev–Trinajstić information content (AvgIpc) is 2.80. The van der Waals surface area contributed by atoms with Crippen molar-refractivity contribution < 1.29 is 4.79 Å². The predicted octanol–water partition coefficient (Wildman–Crippen LogP) is 3.23. The number of rotatable bonds is 4. The third kappa shape index (κ3) is 2.88. The van der Waals surface area contributed by atoms with Gasteiger partial charge in [-0.3, -0.25) is 9.78 Å². The molecule has 0 amide bonds. The average molecular weight is 203 g/mol. The van der Waals surface area contributed by atoms with E-state index in [9.17, 15) is 4.79 Å². The van der Waals surface area contributed by atoms with Crippen LogP contribution in [-0.4, -0.2) is 10.8 Å². The highest BCUT2D eigenvalue weighted by atomic mass is 16.1. The third-order valence-electron chi connectivity index (χ3n) is 3.24. The molecule has 1 aliphatic rings. The second-order valence-corrected chi connectivity index (χ2v) is 4.35. The van der Waals surface area contributed by atoms with Crippen LogP contribution in [0.4, 0.5) is 0 Å². The van der Waals surface area contributed by atoms with E-state index < -0.39 is 0 Å². The minimum atomic E-state index is 0.245. The lowest BCUT2D eigenvalue weighted by molar-refractivity contribution is 0.0973. The van der Waals surface area contributed by atoms with Crippen molar-refractivity contribution in [3.63, 3.8) is 0 Å². The number of carbonyl (C=O) groups excluding carboxylic acids is 1. The van der Waals surface area contributed by atoms with E-state index in [-0.39, 0.29) is 5.78 Å². The molecule has 2 heteroatoms. The van der Waals surface area contributed by atoms with E-state index >= 15 is 0 Å². The highest BCUT2D eigenvalue weighted by Gasteiger charge is 2.16. The molecule has 1 heterocycles. The fourth-order valence-electron chi connectivity index (χ4n) is 2.31. The lowest BCUT2D eigenvalue weighted by Gasteiger charge is -2.07. The van der Waals surface area contributed by atoms with E-state index in [1.807, 2.05) is 12.1 Å². The van der Waals surface area contributed by atoms with Gasteiger partial charge in [0.2, 0.25) is 0 Å². The summed E-state index contributed by atoms with van der Waals surface area (Å²) in [6.07, 6.45) is 10.5. The highest BCUT2D eigenvalue weighted by molar-refractivity contribution is 5.95. The molecule has 0 N–H and O–H groups in total. The molecular formula is C13H17NO. The number of Topliss-reactive ketones (excluding diaryl/α,β-unsaturated/α-hetero) is 1. The van der Waals surface area contributed by atoms with E-state index in [0.29, 0.717) is 6.42 Å². The zero-order valence-electron chi connectivity index (χ0n) is 8.98. The van der Waals surface area contributed by atoms with Crippen LogP contribution in [0.15, 0.2) is 24.5 Å². The third-order valence-corrected chi connectivity index (χ3v) is 3.24. The van der Waals surface area contributed by atoms with E-state index in [0.717, 1.165) is 17.9 Å². The highest BCUT2D eigenvalue weighted by Crippen LogP contribution is 2.28. The van der Waals surface area contributed by atoms with E-state index in [1.165, 1.54) is 25.7 Å². The summed E-state index contributed by atoms with van der Waals surface area (Å²) in [6.45, 7) is 0. The van der Waals surface area contributed by atoms with E-state index in [4.69, 9.17) is 0 Å². The normalized spacial score (nSPS) is 16.8. The van der Waals surface area contributed by atoms with Gasteiger partial charge in [-0.25, -0.2) is 0 Å². The number of ketones is 1. The van der Waals surface area contributed by atoms with Crippen molar-refractivity contribution in [1.29, 1.82) is 0 Å². The van der Waals surface area contributed by atoms with Gasteiger partial charge >= 0.3 is 0 Å². The number of hydrogen-bond donors (Lipinski definition) is 0. The monoisotopic (exact) mass is 203 g/mol. The van der Waals surface area contributed by atoms with Crippen LogP contribution < -0.4 is 0 Å². The summed E-state index contributed by atoms with van der Waals surface area (Å²) in [5.41, 5.74) is 0.760. The maximum Gasteiger partial charge on any atom is 0.164 e. The van der Waals surface area contributed by atoms with Crippen LogP contribution in [0.3, 0.4) is 0 Å². The van der Waals surface area contributed by atoms with E-state index in [1.54, 1.807) is 12.4 Å². The molecule has 15 heavy (non-hydrogen) atoms. The maximum atomic E-state index is 11.8. The molecule has 0 radical (unpaired) electrons. The number of nitrogens with zero attached hydrogens (tertiary/aromatic N) is 1. The first-order valence-electron chi connectivity index (χ1n) is 5.79. The van der Waals surface area contributed by atoms with Gasteiger partial charge in [0.1, 0.15) is 0 Å². The van der Waals surface area contributed by atoms with E-state index in [2.05, 4.69) is 4.98 Å². The number of aromatic nitrogens is 1. The topological polar surface area (TPSA) is 30.0 Å². The largest absolute Gasteiger partial charge is 0.294 e. The summed E-state index contributed by atoms with van der Waals surface area (Å²) >= 11 is 0. The molecular weight excluding hydrogens is 186 g/mol. The summed E-state index contributed by atoms with van der Waals surface area (Å²) in [6, 6.07) is 3.67. The first-order valence-corrected chi connectivity index (χ1v) is 5.79. The Labute approximate surface area is 90.7 Å². The minimum Gasteiger partial charge on any atom is -0.294 e. The van der Waals surface area contributed by atoms with Gasteiger partial charge in [0.15, 0.2) is 5.78 Å². The molecule has 0 aromatic carbocycles. The van der Waals surface area contributed by atoms with Crippen LogP contribution in [0.5, 0.6) is 0 Å². The molecule has 0 aliphatic heterocycles. The molecule has 1 saturated carbocycles. The molecule has 2 rings (SSSR count). The van der Waals surface area contributed by atoms with Gasteiger partial charge in [0.25, 0.3) is 0 Å². The number of hydrogen-bond acceptors (Lipinski definition) is 2. The molecule has 0 spiro atoms. The molecule has 1 aromatic heterocycles. The lowest BCUT2D eigenvalue weighted by atomic mass is 9.98. The predicted molar refractivity (Wildman–Crippen MR) is 59.8 cm³/mol. The van der Waals surface area contributed by atoms with Gasteiger partial charge in [0.05, 0.1) is 0 Å². The molecule has 1 fully saturated rings. The Balaban J connectivity index is 1.82. The van der Waals surface area contributed by atoms with Crippen LogP contribution in [0.2, 0.25) is 0 Å². The summed E-state index contributed by atoms with van der Waals surface area (Å²) in [4.78, 5) is 15.7. The zero-order chi connectivity index (χ0) is 10.5. The molecule has 2 nitrogen and oxygen atoms in total. The van der Waals surface area contributed by atoms with Gasteiger partial charge in [-0.2, -0.15) is 0 Å². The summed E-state index contributed by atoms with van der Waals surface area (Å²) in [5, 5.41) is 0. The minimum absolute atomic E-state index is 0.245. The summed E-state index contributed by atoms with van der Waals surface area (Å²) < 4.78 is 0. The molecule has 1 aromatic rings. The first kappa shape index (κ1) is 10.3. The van der Waals surface area contributed by atoms with Crippen molar-refractivity contribution in [1.82, 2.24) is 4.98 Å². The van der Waals surface area contributed by atoms with Crippen LogP contribution in [0.1, 0.15) is 48.9 Å². The van der Waals surface area contributed by atoms with Crippen LogP contribution in [0, 0.1) is 5.92 Å². The van der Waals surface area contributed by atoms with Crippen molar-refractivity contribution in [2.45, 2.75) is 38.5 Å². The van der Waals surface area contributed by atoms with Crippen LogP contribution in [-0.2, 0) is 0 Å². The fraction of sp³-hybridized carbons (Fsp3) is 0.538. The van der Waals surface area contributed by atoms with Gasteiger partial charge < -0.3 is 0 Å². The molecule has 0 atom stereocenters. The Kier molecular flexibility index (Phi) is 3.49. The first-order chi connectivity index (χ1) is 7.36. The zero-order valence-corrected chi connectivity index (χ0v) is 8.98. The standard InChI is InChI=1S/C13H17NO/c15-13(12-6-3-9-14-10-12)8-7-11-4-1-2-5-11/h3,6,9-11H,1-2,4-5,7-8H2. The Hall–Kier alpha value is -1.18. The quantitative estimate of drug-likeness (QED) is 0.703. The van der Waals surface area contributed by atoms with Crippen molar-refractivity contribution in [2.24, 2.45) is 5.92 Å². The van der Waals surface area contributed by atoms with Gasteiger partial charge in [-0.1, -0.05) is 25.7 Å². The number of pyridine rings is 1. The smallest absolute Gasteiger partial charge is 0.164 e. The fourth-order valence-corrected chi connectivity index (χ4v) is 2.31. The molecule has 0 bridgehead atoms. The van der Waals surface area contributed by atoms with Gasteiger partial charge in [0, 0.05) is 24.4 Å². The maximum absolute atomic E-state index is 11.8. The molecule has 1 aliphatic carbocycles. The lowest BCUT2D eigenvalue weighted by Crippen LogP contribution is -2.03. The number of carbonyl (C=O) groups is 1. The van der Waals surface area contributed by atoms with Crippen molar-refractivity contribution in [2.75, 3.05) is 0 Å². The Morgan fingerprint density at radius 1 is 1.40 bits per heavy atom. The summed E-state index contributed by atoms with van der Waals surface area (Å²) in [7, 11) is 0. The van der Waals surface area contributed by atoms with Crippen molar-refractivity contribution >= 4 is 5.78 Å². The Bertz CT molecular complexity index is 315. The second-order valence-electron chi connectivity index (χ2n) is 4.35. The molecule has 0 saturated heterocycles. The molecule has 0 unspecified atom stereocenters. The van der Waals surface area contributed by atoms with Gasteiger partial charge in [-0.05, 0) is 24.5 Å². The van der Waals surface area contributed by atoms with Crippen LogP contribution >= 0.6 is 0 Å². The van der Waals surface area contributed by atoms with Crippen molar-refractivity contribution in [3.8, 4) is 0 Å². The SMILES string of the molecule is O=C(CCC1CCCC1)c1cccnc1. The van der Waals surface area contributed by atoms with Gasteiger partial charge in [-0.15, -0.1) is 0 Å². The second kappa shape index (κ2) is 5.06. The Morgan fingerprint density at radius 2 is 2.20 bits per heavy atom. The summed E-state index contributed by atoms with van der Waals surface area (Å²) in [5.74, 6) is 1.04. The Morgan fingerprint density at radius 3 is 2.87 bits per heavy atom. The molecule has 80 valence electrons. The van der Waals surface area contributed by atoms with Crippen molar-refractivity contribution in [3.05, 3.63) is 30.1 Å². The van der Waals surface area contributed by atoms with Crippen LogP contribution in [0.25, 0.3) is 0 Å².